The van der Waals surface area contributed by atoms with E-state index in [0.29, 0.717) is 7.11 Å². The first-order valence-electron chi connectivity index (χ1n) is 3.22. The van der Waals surface area contributed by atoms with Gasteiger partial charge in [-0.1, -0.05) is 0 Å². The maximum Gasteiger partial charge on any atom is 0.428 e. The predicted octanol–water partition coefficient (Wildman–Crippen LogP) is -1.41. The summed E-state index contributed by atoms with van der Waals surface area (Å²) in [5.41, 5.74) is -4.05. The van der Waals surface area contributed by atoms with Crippen LogP contribution in [0, 0.1) is 0 Å². The zero-order chi connectivity index (χ0) is 11.6. The van der Waals surface area contributed by atoms with Gasteiger partial charge in [-0.05, 0) is 0 Å². The molecule has 5 nitrogen and oxygen atoms in total. The number of esters is 1. The molecule has 0 radical (unpaired) electrons. The normalized spacial score (nSPS) is 15.8. The quantitative estimate of drug-likeness (QED) is 0.584. The van der Waals surface area contributed by atoms with E-state index in [1.165, 1.54) is 0 Å². The number of hydrogen-bond acceptors (Lipinski definition) is 5. The largest absolute Gasteiger partial charge is 0.550 e. The molecule has 0 unspecified atom stereocenters. The van der Waals surface area contributed by atoms with Crippen LogP contribution in [-0.2, 0) is 14.3 Å². The van der Waals surface area contributed by atoms with Crippen molar-refractivity contribution in [1.82, 2.24) is 0 Å². The number of aliphatic carboxylic acids is 1. The van der Waals surface area contributed by atoms with Crippen molar-refractivity contribution in [3.8, 4) is 0 Å². The van der Waals surface area contributed by atoms with Crippen LogP contribution >= 0.6 is 0 Å². The monoisotopic (exact) mass is 215 g/mol. The summed E-state index contributed by atoms with van der Waals surface area (Å²) in [6.07, 6.45) is -7.33. The lowest BCUT2D eigenvalue weighted by Crippen LogP contribution is -2.55. The molecule has 0 saturated carbocycles. The van der Waals surface area contributed by atoms with Crippen molar-refractivity contribution in [1.29, 1.82) is 0 Å². The zero-order valence-electron chi connectivity index (χ0n) is 6.92. The summed E-state index contributed by atoms with van der Waals surface area (Å²) in [4.78, 5) is 20.4. The second kappa shape index (κ2) is 3.82. The zero-order valence-corrected chi connectivity index (χ0v) is 6.92. The highest BCUT2D eigenvalue weighted by molar-refractivity contribution is 5.85. The number of rotatable bonds is 3. The lowest BCUT2D eigenvalue weighted by atomic mass is 9.99. The van der Waals surface area contributed by atoms with E-state index in [0.717, 1.165) is 0 Å². The van der Waals surface area contributed by atoms with E-state index in [1.807, 2.05) is 0 Å². The molecule has 0 amide bonds. The van der Waals surface area contributed by atoms with Crippen molar-refractivity contribution in [2.24, 2.45) is 0 Å². The van der Waals surface area contributed by atoms with Gasteiger partial charge in [0.25, 0.3) is 5.60 Å². The minimum Gasteiger partial charge on any atom is -0.550 e. The van der Waals surface area contributed by atoms with Crippen LogP contribution in [0.3, 0.4) is 0 Å². The molecule has 1 atom stereocenters. The van der Waals surface area contributed by atoms with Gasteiger partial charge >= 0.3 is 12.1 Å². The van der Waals surface area contributed by atoms with Crippen molar-refractivity contribution >= 4 is 11.9 Å². The molecule has 0 saturated heterocycles. The molecule has 0 aliphatic heterocycles. The minimum atomic E-state index is -5.43. The Balaban J connectivity index is 5.05. The highest BCUT2D eigenvalue weighted by atomic mass is 19.4. The molecule has 0 aromatic heterocycles. The molecule has 8 heteroatoms. The number of methoxy groups -OCH3 is 1. The molecule has 0 rings (SSSR count). The molecule has 0 bridgehead atoms. The second-order valence-corrected chi connectivity index (χ2v) is 2.40. The van der Waals surface area contributed by atoms with Crippen LogP contribution in [0.25, 0.3) is 0 Å². The van der Waals surface area contributed by atoms with Gasteiger partial charge in [-0.2, -0.15) is 13.2 Å². The number of ether oxygens (including phenoxy) is 1. The average Bonchev–Trinajstić information content (AvgIpc) is 1.99. The lowest BCUT2D eigenvalue weighted by Gasteiger charge is -2.27. The third-order valence-corrected chi connectivity index (χ3v) is 1.39. The molecule has 0 aromatic rings. The van der Waals surface area contributed by atoms with E-state index < -0.39 is 30.1 Å². The molecule has 0 heterocycles. The van der Waals surface area contributed by atoms with E-state index in [-0.39, 0.29) is 0 Å². The standard InChI is InChI=1S/C6H7F3O5/c1-14-4(12)5(13,2-3(10)11)6(7,8)9/h13H,2H2,1H3,(H,10,11)/p-1/t5-/m0/s1. The van der Waals surface area contributed by atoms with E-state index in [1.54, 1.807) is 0 Å². The summed E-state index contributed by atoms with van der Waals surface area (Å²) in [6, 6.07) is 0. The van der Waals surface area contributed by atoms with Crippen LogP contribution in [0.5, 0.6) is 0 Å². The molecule has 14 heavy (non-hydrogen) atoms. The van der Waals surface area contributed by atoms with Gasteiger partial charge in [-0.3, -0.25) is 0 Å². The van der Waals surface area contributed by atoms with Gasteiger partial charge in [0.15, 0.2) is 0 Å². The van der Waals surface area contributed by atoms with Crippen molar-refractivity contribution in [2.75, 3.05) is 7.11 Å². The molecule has 0 spiro atoms. The molecule has 82 valence electrons. The third kappa shape index (κ3) is 2.34. The summed E-state index contributed by atoms with van der Waals surface area (Å²) in [6.45, 7) is 0. The molecule has 0 aliphatic rings. The maximum absolute atomic E-state index is 12.1. The third-order valence-electron chi connectivity index (χ3n) is 1.39. The van der Waals surface area contributed by atoms with E-state index in [9.17, 15) is 27.9 Å². The first-order chi connectivity index (χ1) is 6.15. The summed E-state index contributed by atoms with van der Waals surface area (Å²) < 4.78 is 39.8. The highest BCUT2D eigenvalue weighted by Gasteiger charge is 2.60. The number of carboxylic acids is 1. The fourth-order valence-electron chi connectivity index (χ4n) is 0.666. The maximum atomic E-state index is 12.1. The molecule has 0 fully saturated rings. The minimum absolute atomic E-state index is 0.592. The van der Waals surface area contributed by atoms with Crippen molar-refractivity contribution < 1.29 is 37.7 Å². The number of halogens is 3. The topological polar surface area (TPSA) is 86.7 Å². The van der Waals surface area contributed by atoms with Crippen LogP contribution in [0.4, 0.5) is 13.2 Å². The number of carbonyl (C=O) groups is 2. The van der Waals surface area contributed by atoms with E-state index >= 15 is 0 Å². The van der Waals surface area contributed by atoms with Crippen molar-refractivity contribution in [2.45, 2.75) is 18.2 Å². The van der Waals surface area contributed by atoms with E-state index in [2.05, 4.69) is 4.74 Å². The predicted molar refractivity (Wildman–Crippen MR) is 32.6 cm³/mol. The summed E-state index contributed by atoms with van der Waals surface area (Å²) >= 11 is 0. The molecule has 0 aliphatic carbocycles. The number of aliphatic hydroxyl groups is 1. The molecular formula is C6H6F3O5-. The summed E-state index contributed by atoms with van der Waals surface area (Å²) in [7, 11) is 0.592. The van der Waals surface area contributed by atoms with Crippen molar-refractivity contribution in [3.05, 3.63) is 0 Å². The van der Waals surface area contributed by atoms with Crippen LogP contribution in [-0.4, -0.2) is 35.9 Å². The van der Waals surface area contributed by atoms with Crippen LogP contribution in [0.2, 0.25) is 0 Å². The van der Waals surface area contributed by atoms with Crippen LogP contribution in [0.15, 0.2) is 0 Å². The number of carbonyl (C=O) groups excluding carboxylic acids is 2. The Bertz CT molecular complexity index is 248. The van der Waals surface area contributed by atoms with Gasteiger partial charge in [-0.15, -0.1) is 0 Å². The fourth-order valence-corrected chi connectivity index (χ4v) is 0.666. The summed E-state index contributed by atoms with van der Waals surface area (Å²) in [5.74, 6) is -4.30. The van der Waals surface area contributed by atoms with Gasteiger partial charge in [0, 0.05) is 12.4 Å². The average molecular weight is 215 g/mol. The van der Waals surface area contributed by atoms with Crippen LogP contribution < -0.4 is 5.11 Å². The summed E-state index contributed by atoms with van der Waals surface area (Å²) in [5, 5.41) is 18.7. The van der Waals surface area contributed by atoms with E-state index in [4.69, 9.17) is 5.11 Å². The smallest absolute Gasteiger partial charge is 0.428 e. The number of carboxylic acid groups (broad SMARTS) is 1. The Morgan fingerprint density at radius 3 is 2.07 bits per heavy atom. The van der Waals surface area contributed by atoms with Gasteiger partial charge < -0.3 is 19.7 Å². The molecule has 1 N–H and O–H groups in total. The van der Waals surface area contributed by atoms with Gasteiger partial charge in [0.05, 0.1) is 7.11 Å². The fraction of sp³-hybridized carbons (Fsp3) is 0.667. The Hall–Kier alpha value is -1.31. The first-order valence-corrected chi connectivity index (χ1v) is 3.22. The highest BCUT2D eigenvalue weighted by Crippen LogP contribution is 2.33. The lowest BCUT2D eigenvalue weighted by molar-refractivity contribution is -0.320. The Morgan fingerprint density at radius 1 is 1.43 bits per heavy atom. The van der Waals surface area contributed by atoms with Crippen molar-refractivity contribution in [3.63, 3.8) is 0 Å². The molecule has 0 aromatic carbocycles. The Labute approximate surface area is 76.1 Å². The van der Waals surface area contributed by atoms with Gasteiger partial charge in [-0.25, -0.2) is 4.79 Å². The number of alkyl halides is 3. The Morgan fingerprint density at radius 2 is 1.86 bits per heavy atom. The second-order valence-electron chi connectivity index (χ2n) is 2.40. The van der Waals surface area contributed by atoms with Crippen LogP contribution in [0.1, 0.15) is 6.42 Å². The SMILES string of the molecule is COC(=O)[C@@](O)(CC(=O)[O-])C(F)(F)F. The van der Waals surface area contributed by atoms with Gasteiger partial charge in [0.1, 0.15) is 0 Å². The Kier molecular flexibility index (Phi) is 3.47. The molecular weight excluding hydrogens is 209 g/mol. The van der Waals surface area contributed by atoms with Gasteiger partial charge in [0.2, 0.25) is 0 Å². The number of hydrogen-bond donors (Lipinski definition) is 1. The first kappa shape index (κ1) is 12.7.